The standard InChI is InChI=1S/C16H10.C6H7NO.2C5H5NO.CH4O.2CH4/c1-3-11-7-9-13-5-2-6-14-10-8-12(4-1)15(11)16(13)14;8-5-6-3-1-2-4-7-6;7-5-1-3-6-4-2-5;7-5-2-1-3-6-4-5;1-2;;/h1-10H;1-4,8H,5H2;1-4H,(H,6,7);1-4,7H;2H,1H3;2*1H4. The van der Waals surface area contributed by atoms with Crippen molar-refractivity contribution in [3.05, 3.63) is 150 Å². The summed E-state index contributed by atoms with van der Waals surface area (Å²) in [6.45, 7) is 0.0286. The van der Waals surface area contributed by atoms with Crippen molar-refractivity contribution in [3.8, 4) is 5.75 Å². The zero-order valence-corrected chi connectivity index (χ0v) is 22.1. The first-order valence-corrected chi connectivity index (χ1v) is 12.5. The van der Waals surface area contributed by atoms with Crippen LogP contribution in [-0.2, 0) is 6.61 Å². The average molecular weight is 566 g/mol. The zero-order chi connectivity index (χ0) is 28.6. The van der Waals surface area contributed by atoms with E-state index < -0.39 is 0 Å². The summed E-state index contributed by atoms with van der Waals surface area (Å²) in [5.74, 6) is 0.211. The molecule has 7 aromatic rings. The van der Waals surface area contributed by atoms with Crippen LogP contribution in [0.1, 0.15) is 20.5 Å². The van der Waals surface area contributed by atoms with Gasteiger partial charge in [-0.15, -0.1) is 0 Å². The van der Waals surface area contributed by atoms with Gasteiger partial charge in [0.05, 0.1) is 18.5 Å². The van der Waals surface area contributed by atoms with Gasteiger partial charge in [-0.1, -0.05) is 81.6 Å². The van der Waals surface area contributed by atoms with Crippen LogP contribution in [0.3, 0.4) is 0 Å². The Morgan fingerprint density at radius 2 is 1.17 bits per heavy atom. The van der Waals surface area contributed by atoms with E-state index in [4.69, 9.17) is 15.3 Å². The maximum atomic E-state index is 10.2. The highest BCUT2D eigenvalue weighted by atomic mass is 16.3. The van der Waals surface area contributed by atoms with Crippen LogP contribution in [-0.4, -0.2) is 37.4 Å². The van der Waals surface area contributed by atoms with Gasteiger partial charge in [-0.25, -0.2) is 0 Å². The molecule has 4 aromatic carbocycles. The summed E-state index contributed by atoms with van der Waals surface area (Å²) in [6, 6.07) is 33.5. The molecule has 3 aromatic heterocycles. The largest absolute Gasteiger partial charge is 0.506 e. The van der Waals surface area contributed by atoms with Crippen molar-refractivity contribution in [3.63, 3.8) is 0 Å². The lowest BCUT2D eigenvalue weighted by Crippen LogP contribution is -1.92. The summed E-state index contributed by atoms with van der Waals surface area (Å²) in [4.78, 5) is 20.5. The lowest BCUT2D eigenvalue weighted by atomic mass is 9.95. The molecule has 0 amide bonds. The number of aliphatic hydroxyl groups excluding tert-OH is 2. The predicted octanol–water partition coefficient (Wildman–Crippen LogP) is 7.20. The van der Waals surface area contributed by atoms with Crippen molar-refractivity contribution in [1.29, 1.82) is 0 Å². The molecular formula is C35H39N3O4. The van der Waals surface area contributed by atoms with Crippen molar-refractivity contribution in [1.82, 2.24) is 15.0 Å². The third-order valence-electron chi connectivity index (χ3n) is 5.61. The van der Waals surface area contributed by atoms with Crippen molar-refractivity contribution in [2.75, 3.05) is 7.11 Å². The SMILES string of the molecule is C.C.CO.O=c1cc[nH]cc1.OCc1ccccn1.Oc1cccnc1.c1cc2ccc3cccc4ccc(c1)c2c34. The predicted molar refractivity (Wildman–Crippen MR) is 175 cm³/mol. The number of nitrogens with one attached hydrogen (secondary N) is 1. The molecule has 4 N–H and O–H groups in total. The number of aromatic hydroxyl groups is 1. The van der Waals surface area contributed by atoms with Gasteiger partial charge < -0.3 is 20.3 Å². The van der Waals surface area contributed by atoms with Gasteiger partial charge in [0.25, 0.3) is 0 Å². The second-order valence-electron chi connectivity index (χ2n) is 8.22. The van der Waals surface area contributed by atoms with E-state index in [0.717, 1.165) is 7.11 Å². The van der Waals surface area contributed by atoms with E-state index in [0.29, 0.717) is 5.69 Å². The fourth-order valence-corrected chi connectivity index (χ4v) is 3.89. The number of aromatic nitrogens is 3. The number of benzene rings is 4. The monoisotopic (exact) mass is 565 g/mol. The molecule has 7 nitrogen and oxygen atoms in total. The Bertz CT molecular complexity index is 1590. The lowest BCUT2D eigenvalue weighted by Gasteiger charge is -2.09. The zero-order valence-electron chi connectivity index (χ0n) is 22.1. The summed E-state index contributed by atoms with van der Waals surface area (Å²) in [7, 11) is 1.00. The number of aliphatic hydroxyl groups is 2. The minimum absolute atomic E-state index is 0. The highest BCUT2D eigenvalue weighted by Crippen LogP contribution is 2.33. The molecule has 7 rings (SSSR count). The minimum Gasteiger partial charge on any atom is -0.506 e. The number of aromatic amines is 1. The second kappa shape index (κ2) is 19.0. The van der Waals surface area contributed by atoms with E-state index in [2.05, 4.69) is 75.6 Å². The molecule has 0 aliphatic rings. The van der Waals surface area contributed by atoms with E-state index in [1.165, 1.54) is 50.6 Å². The van der Waals surface area contributed by atoms with E-state index >= 15 is 0 Å². The smallest absolute Gasteiger partial charge is 0.181 e. The Morgan fingerprint density at radius 1 is 0.643 bits per heavy atom. The van der Waals surface area contributed by atoms with Crippen LogP contribution >= 0.6 is 0 Å². The molecule has 0 unspecified atom stereocenters. The number of hydrogen-bond acceptors (Lipinski definition) is 6. The maximum absolute atomic E-state index is 10.2. The first kappa shape index (κ1) is 34.9. The number of H-pyrrole nitrogens is 1. The van der Waals surface area contributed by atoms with Gasteiger partial charge in [-0.3, -0.25) is 14.8 Å². The quantitative estimate of drug-likeness (QED) is 0.156. The maximum Gasteiger partial charge on any atom is 0.181 e. The van der Waals surface area contributed by atoms with E-state index in [1.54, 1.807) is 43.0 Å². The van der Waals surface area contributed by atoms with Gasteiger partial charge in [0, 0.05) is 44.0 Å². The normalized spacial score (nSPS) is 9.21. The fraction of sp³-hybridized carbons (Fsp3) is 0.114. The van der Waals surface area contributed by atoms with Crippen LogP contribution < -0.4 is 5.43 Å². The first-order valence-electron chi connectivity index (χ1n) is 12.5. The molecule has 0 atom stereocenters. The molecule has 0 radical (unpaired) electrons. The molecule has 7 heteroatoms. The number of pyridine rings is 3. The van der Waals surface area contributed by atoms with Crippen molar-refractivity contribution >= 4 is 32.3 Å². The van der Waals surface area contributed by atoms with E-state index in [9.17, 15) is 4.79 Å². The van der Waals surface area contributed by atoms with Crippen LogP contribution in [0.15, 0.2) is 139 Å². The minimum atomic E-state index is 0. The van der Waals surface area contributed by atoms with Gasteiger partial charge in [0.1, 0.15) is 5.75 Å². The summed E-state index contributed by atoms with van der Waals surface area (Å²) >= 11 is 0. The van der Waals surface area contributed by atoms with E-state index in [1.807, 2.05) is 12.1 Å². The molecule has 0 bridgehead atoms. The Labute approximate surface area is 246 Å². The molecule has 0 spiro atoms. The summed E-state index contributed by atoms with van der Waals surface area (Å²) in [5.41, 5.74) is 0.756. The molecule has 42 heavy (non-hydrogen) atoms. The molecule has 0 saturated heterocycles. The van der Waals surface area contributed by atoms with Crippen molar-refractivity contribution in [2.45, 2.75) is 21.5 Å². The topological polar surface area (TPSA) is 119 Å². The Hall–Kier alpha value is -5.11. The Balaban J connectivity index is 0.000000292. The second-order valence-corrected chi connectivity index (χ2v) is 8.22. The van der Waals surface area contributed by atoms with Crippen LogP contribution in [0.4, 0.5) is 0 Å². The lowest BCUT2D eigenvalue weighted by molar-refractivity contribution is 0.277. The van der Waals surface area contributed by atoms with E-state index in [-0.39, 0.29) is 32.6 Å². The summed E-state index contributed by atoms with van der Waals surface area (Å²) < 4.78 is 0. The van der Waals surface area contributed by atoms with Gasteiger partial charge in [0.15, 0.2) is 5.43 Å². The first-order chi connectivity index (χ1) is 19.7. The van der Waals surface area contributed by atoms with Gasteiger partial charge in [-0.05, 0) is 56.6 Å². The van der Waals surface area contributed by atoms with Gasteiger partial charge in [-0.2, -0.15) is 0 Å². The van der Waals surface area contributed by atoms with Crippen LogP contribution in [0, 0.1) is 0 Å². The molecule has 0 saturated carbocycles. The molecule has 0 aliphatic heterocycles. The number of nitrogens with zero attached hydrogens (tertiary/aromatic N) is 2. The van der Waals surface area contributed by atoms with Gasteiger partial charge in [0.2, 0.25) is 0 Å². The summed E-state index contributed by atoms with van der Waals surface area (Å²) in [5, 5.41) is 32.2. The molecule has 0 aliphatic carbocycles. The number of hydrogen-bond donors (Lipinski definition) is 4. The molecule has 3 heterocycles. The van der Waals surface area contributed by atoms with Gasteiger partial charge >= 0.3 is 0 Å². The third kappa shape index (κ3) is 10.1. The Morgan fingerprint density at radius 3 is 1.45 bits per heavy atom. The number of rotatable bonds is 1. The molecule has 218 valence electrons. The van der Waals surface area contributed by atoms with Crippen LogP contribution in [0.25, 0.3) is 32.3 Å². The molecule has 0 fully saturated rings. The summed E-state index contributed by atoms with van der Waals surface area (Å²) in [6.07, 6.45) is 7.86. The third-order valence-corrected chi connectivity index (χ3v) is 5.61. The Kier molecular flexibility index (Phi) is 15.8. The average Bonchev–Trinajstić information content (AvgIpc) is 3.03. The highest BCUT2D eigenvalue weighted by Gasteiger charge is 2.05. The van der Waals surface area contributed by atoms with Crippen molar-refractivity contribution in [2.24, 2.45) is 0 Å². The molecular weight excluding hydrogens is 526 g/mol. The van der Waals surface area contributed by atoms with Crippen LogP contribution in [0.5, 0.6) is 5.75 Å². The van der Waals surface area contributed by atoms with Crippen molar-refractivity contribution < 1.29 is 15.3 Å². The fourth-order valence-electron chi connectivity index (χ4n) is 3.89. The highest BCUT2D eigenvalue weighted by molar-refractivity contribution is 6.22. The van der Waals surface area contributed by atoms with Crippen LogP contribution in [0.2, 0.25) is 0 Å².